The van der Waals surface area contributed by atoms with Crippen LogP contribution in [0.15, 0.2) is 24.3 Å². The first kappa shape index (κ1) is 16.4. The van der Waals surface area contributed by atoms with Gasteiger partial charge in [-0.05, 0) is 45.0 Å². The second-order valence-corrected chi connectivity index (χ2v) is 6.15. The van der Waals surface area contributed by atoms with E-state index in [-0.39, 0.29) is 5.82 Å². The number of nitrogens with zero attached hydrogens (tertiary/aromatic N) is 2. The molecule has 1 aromatic carbocycles. The average Bonchev–Trinajstić information content (AvgIpc) is 2.50. The van der Waals surface area contributed by atoms with Gasteiger partial charge in [0.15, 0.2) is 0 Å². The summed E-state index contributed by atoms with van der Waals surface area (Å²) in [6.45, 7) is 10.3. The molecular formula is C17H28FN3. The second-order valence-electron chi connectivity index (χ2n) is 6.15. The van der Waals surface area contributed by atoms with Crippen LogP contribution in [0.5, 0.6) is 0 Å². The first-order valence-electron chi connectivity index (χ1n) is 7.99. The molecule has 21 heavy (non-hydrogen) atoms. The molecule has 1 saturated heterocycles. The SMILES string of the molecule is CNC(CCN1CCN(C(C)C)CC1)c1ccc(F)cc1. The van der Waals surface area contributed by atoms with E-state index in [0.717, 1.165) is 26.1 Å². The smallest absolute Gasteiger partial charge is 0.123 e. The van der Waals surface area contributed by atoms with Gasteiger partial charge in [-0.2, -0.15) is 0 Å². The van der Waals surface area contributed by atoms with Gasteiger partial charge in [0, 0.05) is 44.8 Å². The molecule has 0 amide bonds. The lowest BCUT2D eigenvalue weighted by Gasteiger charge is -2.37. The highest BCUT2D eigenvalue weighted by atomic mass is 19.1. The Hall–Kier alpha value is -0.970. The van der Waals surface area contributed by atoms with Gasteiger partial charge >= 0.3 is 0 Å². The summed E-state index contributed by atoms with van der Waals surface area (Å²) >= 11 is 0. The Morgan fingerprint density at radius 3 is 2.24 bits per heavy atom. The van der Waals surface area contributed by atoms with Gasteiger partial charge in [0.2, 0.25) is 0 Å². The number of piperazine rings is 1. The molecule has 4 heteroatoms. The summed E-state index contributed by atoms with van der Waals surface area (Å²) in [5, 5.41) is 3.34. The number of hydrogen-bond donors (Lipinski definition) is 1. The van der Waals surface area contributed by atoms with Gasteiger partial charge in [-0.15, -0.1) is 0 Å². The number of halogens is 1. The van der Waals surface area contributed by atoms with Crippen molar-refractivity contribution in [1.29, 1.82) is 0 Å². The van der Waals surface area contributed by atoms with Gasteiger partial charge < -0.3 is 10.2 Å². The highest BCUT2D eigenvalue weighted by Crippen LogP contribution is 2.18. The van der Waals surface area contributed by atoms with Crippen LogP contribution < -0.4 is 5.32 Å². The van der Waals surface area contributed by atoms with E-state index >= 15 is 0 Å². The van der Waals surface area contributed by atoms with Crippen molar-refractivity contribution < 1.29 is 4.39 Å². The fraction of sp³-hybridized carbons (Fsp3) is 0.647. The second kappa shape index (κ2) is 7.87. The van der Waals surface area contributed by atoms with Crippen molar-refractivity contribution in [2.45, 2.75) is 32.4 Å². The van der Waals surface area contributed by atoms with Crippen molar-refractivity contribution in [1.82, 2.24) is 15.1 Å². The molecular weight excluding hydrogens is 265 g/mol. The van der Waals surface area contributed by atoms with Crippen LogP contribution in [-0.2, 0) is 0 Å². The maximum Gasteiger partial charge on any atom is 0.123 e. The van der Waals surface area contributed by atoms with Crippen LogP contribution in [0, 0.1) is 5.82 Å². The van der Waals surface area contributed by atoms with Crippen LogP contribution >= 0.6 is 0 Å². The van der Waals surface area contributed by atoms with E-state index < -0.39 is 0 Å². The predicted octanol–water partition coefficient (Wildman–Crippen LogP) is 2.50. The molecule has 1 heterocycles. The highest BCUT2D eigenvalue weighted by molar-refractivity contribution is 5.19. The van der Waals surface area contributed by atoms with Crippen LogP contribution in [0.4, 0.5) is 4.39 Å². The highest BCUT2D eigenvalue weighted by Gasteiger charge is 2.19. The molecule has 1 atom stereocenters. The minimum absolute atomic E-state index is 0.168. The third kappa shape index (κ3) is 4.77. The molecule has 1 fully saturated rings. The number of nitrogens with one attached hydrogen (secondary N) is 1. The van der Waals surface area contributed by atoms with E-state index in [9.17, 15) is 4.39 Å². The lowest BCUT2D eigenvalue weighted by Crippen LogP contribution is -2.49. The molecule has 0 radical (unpaired) electrons. The number of rotatable bonds is 6. The molecule has 0 aromatic heterocycles. The van der Waals surface area contributed by atoms with E-state index in [2.05, 4.69) is 29.0 Å². The molecule has 0 spiro atoms. The van der Waals surface area contributed by atoms with Gasteiger partial charge in [0.05, 0.1) is 0 Å². The first-order valence-corrected chi connectivity index (χ1v) is 7.99. The predicted molar refractivity (Wildman–Crippen MR) is 86.0 cm³/mol. The summed E-state index contributed by atoms with van der Waals surface area (Å²) in [5.41, 5.74) is 1.17. The largest absolute Gasteiger partial charge is 0.313 e. The monoisotopic (exact) mass is 293 g/mol. The van der Waals surface area contributed by atoms with Crippen molar-refractivity contribution in [3.8, 4) is 0 Å². The Morgan fingerprint density at radius 2 is 1.71 bits per heavy atom. The molecule has 3 nitrogen and oxygen atoms in total. The molecule has 0 bridgehead atoms. The zero-order chi connectivity index (χ0) is 15.2. The van der Waals surface area contributed by atoms with E-state index in [1.54, 1.807) is 12.1 Å². The van der Waals surface area contributed by atoms with Gasteiger partial charge in [-0.1, -0.05) is 12.1 Å². The average molecular weight is 293 g/mol. The molecule has 1 N–H and O–H groups in total. The van der Waals surface area contributed by atoms with Crippen LogP contribution in [0.3, 0.4) is 0 Å². The Kier molecular flexibility index (Phi) is 6.15. The zero-order valence-electron chi connectivity index (χ0n) is 13.5. The summed E-state index contributed by atoms with van der Waals surface area (Å²) in [6, 6.07) is 7.80. The molecule has 0 saturated carbocycles. The van der Waals surface area contributed by atoms with Crippen LogP contribution in [0.1, 0.15) is 31.9 Å². The molecule has 1 unspecified atom stereocenters. The minimum atomic E-state index is -0.168. The Bertz CT molecular complexity index is 411. The summed E-state index contributed by atoms with van der Waals surface area (Å²) in [6.07, 6.45) is 1.06. The first-order chi connectivity index (χ1) is 10.1. The van der Waals surface area contributed by atoms with Crippen LogP contribution in [0.2, 0.25) is 0 Å². The zero-order valence-corrected chi connectivity index (χ0v) is 13.5. The van der Waals surface area contributed by atoms with Crippen molar-refractivity contribution in [3.05, 3.63) is 35.6 Å². The van der Waals surface area contributed by atoms with E-state index in [4.69, 9.17) is 0 Å². The molecule has 1 aliphatic rings. The Morgan fingerprint density at radius 1 is 1.10 bits per heavy atom. The van der Waals surface area contributed by atoms with E-state index in [0.29, 0.717) is 12.1 Å². The Labute approximate surface area is 128 Å². The lowest BCUT2D eigenvalue weighted by molar-refractivity contribution is 0.105. The standard InChI is InChI=1S/C17H28FN3/c1-14(2)21-12-10-20(11-13-21)9-8-17(19-3)15-4-6-16(18)7-5-15/h4-7,14,17,19H,8-13H2,1-3H3. The van der Waals surface area contributed by atoms with Crippen molar-refractivity contribution in [2.75, 3.05) is 39.8 Å². The molecule has 1 aliphatic heterocycles. The summed E-state index contributed by atoms with van der Waals surface area (Å²) in [7, 11) is 1.98. The van der Waals surface area contributed by atoms with Crippen LogP contribution in [0.25, 0.3) is 0 Å². The topological polar surface area (TPSA) is 18.5 Å². The van der Waals surface area contributed by atoms with Crippen molar-refractivity contribution in [3.63, 3.8) is 0 Å². The lowest BCUT2D eigenvalue weighted by atomic mass is 10.0. The third-order valence-corrected chi connectivity index (χ3v) is 4.49. The maximum atomic E-state index is 13.0. The molecule has 1 aromatic rings. The van der Waals surface area contributed by atoms with E-state index in [1.807, 2.05) is 19.2 Å². The van der Waals surface area contributed by atoms with Gasteiger partial charge in [-0.25, -0.2) is 4.39 Å². The van der Waals surface area contributed by atoms with Crippen molar-refractivity contribution in [2.24, 2.45) is 0 Å². The number of hydrogen-bond acceptors (Lipinski definition) is 3. The fourth-order valence-corrected chi connectivity index (χ4v) is 2.99. The molecule has 0 aliphatic carbocycles. The van der Waals surface area contributed by atoms with Crippen LogP contribution in [-0.4, -0.2) is 55.6 Å². The quantitative estimate of drug-likeness (QED) is 0.869. The summed E-state index contributed by atoms with van der Waals surface area (Å²) < 4.78 is 13.0. The normalized spacial score (nSPS) is 19.1. The van der Waals surface area contributed by atoms with Crippen molar-refractivity contribution >= 4 is 0 Å². The fourth-order valence-electron chi connectivity index (χ4n) is 2.99. The maximum absolute atomic E-state index is 13.0. The number of benzene rings is 1. The van der Waals surface area contributed by atoms with E-state index in [1.165, 1.54) is 18.7 Å². The van der Waals surface area contributed by atoms with Gasteiger partial charge in [0.25, 0.3) is 0 Å². The van der Waals surface area contributed by atoms with Gasteiger partial charge in [0.1, 0.15) is 5.82 Å². The summed E-state index contributed by atoms with van der Waals surface area (Å²) in [4.78, 5) is 5.07. The third-order valence-electron chi connectivity index (χ3n) is 4.49. The molecule has 2 rings (SSSR count). The Balaban J connectivity index is 1.80. The molecule has 118 valence electrons. The minimum Gasteiger partial charge on any atom is -0.313 e. The summed E-state index contributed by atoms with van der Waals surface area (Å²) in [5.74, 6) is -0.168. The van der Waals surface area contributed by atoms with Gasteiger partial charge in [-0.3, -0.25) is 4.90 Å².